The van der Waals surface area contributed by atoms with Crippen molar-refractivity contribution in [3.05, 3.63) is 34.3 Å². The normalized spacial score (nSPS) is 11.9. The SMILES string of the molecule is CCCC(NC(=O)CCc1ccccc1Br)C(=O)O. The number of aryl methyl sites for hydroxylation is 1. The summed E-state index contributed by atoms with van der Waals surface area (Å²) in [5.74, 6) is -1.20. The van der Waals surface area contributed by atoms with E-state index in [1.165, 1.54) is 0 Å². The van der Waals surface area contributed by atoms with Gasteiger partial charge >= 0.3 is 5.97 Å². The third-order valence-electron chi connectivity index (χ3n) is 2.79. The number of aliphatic carboxylic acids is 1. The van der Waals surface area contributed by atoms with Crippen LogP contribution in [0.4, 0.5) is 0 Å². The molecule has 1 rings (SSSR count). The highest BCUT2D eigenvalue weighted by atomic mass is 79.9. The molecule has 0 fully saturated rings. The highest BCUT2D eigenvalue weighted by Crippen LogP contribution is 2.17. The van der Waals surface area contributed by atoms with Gasteiger partial charge in [0.1, 0.15) is 6.04 Å². The predicted molar refractivity (Wildman–Crippen MR) is 76.9 cm³/mol. The van der Waals surface area contributed by atoms with Crippen LogP contribution in [0.25, 0.3) is 0 Å². The standard InChI is InChI=1S/C14H18BrNO3/c1-2-5-12(14(18)19)16-13(17)9-8-10-6-3-4-7-11(10)15/h3-4,6-7,12H,2,5,8-9H2,1H3,(H,16,17)(H,18,19). The molecule has 0 spiro atoms. The number of carbonyl (C=O) groups is 2. The number of hydrogen-bond donors (Lipinski definition) is 2. The van der Waals surface area contributed by atoms with Crippen molar-refractivity contribution in [2.75, 3.05) is 0 Å². The van der Waals surface area contributed by atoms with E-state index in [0.717, 1.165) is 16.5 Å². The van der Waals surface area contributed by atoms with Crippen molar-refractivity contribution in [3.8, 4) is 0 Å². The average molecular weight is 328 g/mol. The Kier molecular flexibility index (Phi) is 6.56. The van der Waals surface area contributed by atoms with Crippen LogP contribution in [0.15, 0.2) is 28.7 Å². The number of benzene rings is 1. The molecule has 104 valence electrons. The van der Waals surface area contributed by atoms with Gasteiger partial charge in [-0.1, -0.05) is 47.5 Å². The van der Waals surface area contributed by atoms with Gasteiger partial charge in [0.25, 0.3) is 0 Å². The van der Waals surface area contributed by atoms with Crippen molar-refractivity contribution in [3.63, 3.8) is 0 Å². The first-order valence-electron chi connectivity index (χ1n) is 6.30. The third kappa shape index (κ3) is 5.42. The Morgan fingerprint density at radius 3 is 2.63 bits per heavy atom. The van der Waals surface area contributed by atoms with Gasteiger partial charge in [-0.05, 0) is 24.5 Å². The van der Waals surface area contributed by atoms with Crippen LogP contribution in [0.3, 0.4) is 0 Å². The fourth-order valence-corrected chi connectivity index (χ4v) is 2.24. The molecule has 0 saturated carbocycles. The lowest BCUT2D eigenvalue weighted by Gasteiger charge is -2.13. The summed E-state index contributed by atoms with van der Waals surface area (Å²) in [7, 11) is 0. The van der Waals surface area contributed by atoms with Crippen LogP contribution in [0.5, 0.6) is 0 Å². The molecule has 0 radical (unpaired) electrons. The van der Waals surface area contributed by atoms with Crippen molar-refractivity contribution in [2.45, 2.75) is 38.6 Å². The maximum atomic E-state index is 11.7. The molecule has 1 aromatic rings. The number of halogens is 1. The molecule has 0 aliphatic rings. The van der Waals surface area contributed by atoms with Crippen LogP contribution in [0, 0.1) is 0 Å². The summed E-state index contributed by atoms with van der Waals surface area (Å²) < 4.78 is 0.964. The molecule has 0 aliphatic heterocycles. The van der Waals surface area contributed by atoms with Gasteiger partial charge in [0.15, 0.2) is 0 Å². The smallest absolute Gasteiger partial charge is 0.326 e. The van der Waals surface area contributed by atoms with E-state index in [1.807, 2.05) is 31.2 Å². The van der Waals surface area contributed by atoms with Crippen molar-refractivity contribution in [2.24, 2.45) is 0 Å². The molecule has 2 N–H and O–H groups in total. The zero-order valence-corrected chi connectivity index (χ0v) is 12.4. The van der Waals surface area contributed by atoms with Gasteiger partial charge in [0.05, 0.1) is 0 Å². The van der Waals surface area contributed by atoms with E-state index in [2.05, 4.69) is 21.2 Å². The fraction of sp³-hybridized carbons (Fsp3) is 0.429. The second kappa shape index (κ2) is 7.94. The number of rotatable bonds is 7. The Morgan fingerprint density at radius 1 is 1.37 bits per heavy atom. The first-order valence-corrected chi connectivity index (χ1v) is 7.09. The summed E-state index contributed by atoms with van der Waals surface area (Å²) >= 11 is 3.42. The molecule has 19 heavy (non-hydrogen) atoms. The lowest BCUT2D eigenvalue weighted by atomic mass is 10.1. The van der Waals surface area contributed by atoms with E-state index in [9.17, 15) is 9.59 Å². The van der Waals surface area contributed by atoms with Crippen LogP contribution >= 0.6 is 15.9 Å². The molecule has 0 saturated heterocycles. The molecular formula is C14H18BrNO3. The number of carboxylic acids is 1. The van der Waals surface area contributed by atoms with Gasteiger partial charge in [0.2, 0.25) is 5.91 Å². The highest BCUT2D eigenvalue weighted by molar-refractivity contribution is 9.10. The van der Waals surface area contributed by atoms with E-state index in [0.29, 0.717) is 12.8 Å². The maximum absolute atomic E-state index is 11.7. The first-order chi connectivity index (χ1) is 9.04. The number of hydrogen-bond acceptors (Lipinski definition) is 2. The lowest BCUT2D eigenvalue weighted by molar-refractivity contribution is -0.142. The summed E-state index contributed by atoms with van der Waals surface area (Å²) in [5.41, 5.74) is 1.04. The van der Waals surface area contributed by atoms with Crippen molar-refractivity contribution < 1.29 is 14.7 Å². The number of carboxylic acid groups (broad SMARTS) is 1. The average Bonchev–Trinajstić information content (AvgIpc) is 2.37. The van der Waals surface area contributed by atoms with E-state index >= 15 is 0 Å². The quantitative estimate of drug-likeness (QED) is 0.809. The molecule has 0 aromatic heterocycles. The molecular weight excluding hydrogens is 310 g/mol. The van der Waals surface area contributed by atoms with Crippen molar-refractivity contribution >= 4 is 27.8 Å². The molecule has 1 unspecified atom stereocenters. The number of carbonyl (C=O) groups excluding carboxylic acids is 1. The summed E-state index contributed by atoms with van der Waals surface area (Å²) in [6.45, 7) is 1.89. The molecule has 5 heteroatoms. The van der Waals surface area contributed by atoms with Crippen LogP contribution in [0.1, 0.15) is 31.7 Å². The molecule has 1 amide bonds. The van der Waals surface area contributed by atoms with Crippen LogP contribution < -0.4 is 5.32 Å². The van der Waals surface area contributed by atoms with Gasteiger partial charge in [-0.25, -0.2) is 4.79 Å². The highest BCUT2D eigenvalue weighted by Gasteiger charge is 2.18. The van der Waals surface area contributed by atoms with Crippen LogP contribution in [-0.2, 0) is 16.0 Å². The zero-order chi connectivity index (χ0) is 14.3. The molecule has 0 bridgehead atoms. The summed E-state index contributed by atoms with van der Waals surface area (Å²) in [6.07, 6.45) is 2.05. The lowest BCUT2D eigenvalue weighted by Crippen LogP contribution is -2.40. The van der Waals surface area contributed by atoms with E-state index in [4.69, 9.17) is 5.11 Å². The third-order valence-corrected chi connectivity index (χ3v) is 3.56. The van der Waals surface area contributed by atoms with E-state index < -0.39 is 12.0 Å². The van der Waals surface area contributed by atoms with Crippen molar-refractivity contribution in [1.82, 2.24) is 5.32 Å². The van der Waals surface area contributed by atoms with Crippen molar-refractivity contribution in [1.29, 1.82) is 0 Å². The Bertz CT molecular complexity index is 448. The Labute approximate surface area is 121 Å². The zero-order valence-electron chi connectivity index (χ0n) is 10.9. The van der Waals surface area contributed by atoms with Gasteiger partial charge in [-0.15, -0.1) is 0 Å². The molecule has 4 nitrogen and oxygen atoms in total. The maximum Gasteiger partial charge on any atom is 0.326 e. The van der Waals surface area contributed by atoms with Gasteiger partial charge in [-0.3, -0.25) is 4.79 Å². The minimum atomic E-state index is -0.976. The Balaban J connectivity index is 2.47. The Hall–Kier alpha value is -1.36. The fourth-order valence-electron chi connectivity index (χ4n) is 1.76. The summed E-state index contributed by atoms with van der Waals surface area (Å²) in [4.78, 5) is 22.7. The largest absolute Gasteiger partial charge is 0.480 e. The predicted octanol–water partition coefficient (Wildman–Crippen LogP) is 2.75. The molecule has 1 atom stereocenters. The van der Waals surface area contributed by atoms with Crippen LogP contribution in [0.2, 0.25) is 0 Å². The Morgan fingerprint density at radius 2 is 2.05 bits per heavy atom. The minimum absolute atomic E-state index is 0.225. The molecule has 1 aromatic carbocycles. The second-order valence-corrected chi connectivity index (χ2v) is 5.19. The number of amides is 1. The molecule has 0 aliphatic carbocycles. The topological polar surface area (TPSA) is 66.4 Å². The van der Waals surface area contributed by atoms with E-state index in [1.54, 1.807) is 0 Å². The second-order valence-electron chi connectivity index (χ2n) is 4.34. The molecule has 0 heterocycles. The van der Waals surface area contributed by atoms with Gasteiger partial charge in [0, 0.05) is 10.9 Å². The van der Waals surface area contributed by atoms with Gasteiger partial charge in [-0.2, -0.15) is 0 Å². The summed E-state index contributed by atoms with van der Waals surface area (Å²) in [6, 6.07) is 6.91. The first kappa shape index (κ1) is 15.7. The number of nitrogens with one attached hydrogen (secondary N) is 1. The minimum Gasteiger partial charge on any atom is -0.480 e. The van der Waals surface area contributed by atoms with Gasteiger partial charge < -0.3 is 10.4 Å². The monoisotopic (exact) mass is 327 g/mol. The van der Waals surface area contributed by atoms with Crippen LogP contribution in [-0.4, -0.2) is 23.0 Å². The van der Waals surface area contributed by atoms with E-state index in [-0.39, 0.29) is 12.3 Å². The summed E-state index contributed by atoms with van der Waals surface area (Å²) in [5, 5.41) is 11.5.